The molecule has 1 aliphatic heterocycles. The van der Waals surface area contributed by atoms with Gasteiger partial charge in [-0.05, 0) is 31.7 Å². The molecular weight excluding hydrogens is 236 g/mol. The minimum absolute atomic E-state index is 0. The van der Waals surface area contributed by atoms with Gasteiger partial charge in [-0.25, -0.2) is 0 Å². The van der Waals surface area contributed by atoms with Gasteiger partial charge >= 0.3 is 0 Å². The zero-order valence-corrected chi connectivity index (χ0v) is 11.4. The molecule has 3 nitrogen and oxygen atoms in total. The topological polar surface area (TPSA) is 41.1 Å². The molecule has 2 N–H and O–H groups in total. The lowest BCUT2D eigenvalue weighted by Gasteiger charge is -2.12. The number of halogens is 1. The van der Waals surface area contributed by atoms with Crippen LogP contribution in [0.2, 0.25) is 0 Å². The molecule has 17 heavy (non-hydrogen) atoms. The predicted octanol–water partition coefficient (Wildman–Crippen LogP) is 2.25. The molecule has 1 amide bonds. The Labute approximate surface area is 111 Å². The summed E-state index contributed by atoms with van der Waals surface area (Å²) in [5, 5.41) is 6.44. The quantitative estimate of drug-likeness (QED) is 0.796. The van der Waals surface area contributed by atoms with Gasteiger partial charge in [-0.3, -0.25) is 4.79 Å². The first-order chi connectivity index (χ1) is 7.84. The van der Waals surface area contributed by atoms with Gasteiger partial charge in [0.05, 0.1) is 0 Å². The molecule has 4 heteroatoms. The molecule has 1 atom stereocenters. The average molecular weight is 261 g/mol. The third kappa shape index (κ3) is 5.26. The molecule has 1 saturated carbocycles. The van der Waals surface area contributed by atoms with E-state index in [1.54, 1.807) is 0 Å². The van der Waals surface area contributed by atoms with E-state index in [1.165, 1.54) is 38.5 Å². The highest BCUT2D eigenvalue weighted by Crippen LogP contribution is 2.28. The molecule has 0 aromatic carbocycles. The van der Waals surface area contributed by atoms with Gasteiger partial charge in [0.1, 0.15) is 0 Å². The molecule has 0 aromatic heterocycles. The smallest absolute Gasteiger partial charge is 0.220 e. The number of nitrogens with one attached hydrogen (secondary N) is 2. The van der Waals surface area contributed by atoms with E-state index in [2.05, 4.69) is 10.6 Å². The fraction of sp³-hybridized carbons (Fsp3) is 0.923. The molecule has 2 rings (SSSR count). The normalized spacial score (nSPS) is 24.6. The van der Waals surface area contributed by atoms with Gasteiger partial charge in [-0.1, -0.05) is 25.7 Å². The molecule has 1 saturated heterocycles. The van der Waals surface area contributed by atoms with Crippen LogP contribution in [0.15, 0.2) is 0 Å². The SMILES string of the molecule is Cl.O=C(CCC1CCCC1)NCC1CCCN1. The highest BCUT2D eigenvalue weighted by atomic mass is 35.5. The predicted molar refractivity (Wildman–Crippen MR) is 72.5 cm³/mol. The summed E-state index contributed by atoms with van der Waals surface area (Å²) in [6.07, 6.45) is 9.73. The minimum Gasteiger partial charge on any atom is -0.355 e. The first-order valence-electron chi connectivity index (χ1n) is 6.84. The van der Waals surface area contributed by atoms with Crippen LogP contribution in [0.1, 0.15) is 51.4 Å². The second-order valence-corrected chi connectivity index (χ2v) is 5.29. The molecule has 1 unspecified atom stereocenters. The van der Waals surface area contributed by atoms with Crippen LogP contribution in [0, 0.1) is 5.92 Å². The van der Waals surface area contributed by atoms with Gasteiger partial charge in [0.15, 0.2) is 0 Å². The van der Waals surface area contributed by atoms with Gasteiger partial charge < -0.3 is 10.6 Å². The second-order valence-electron chi connectivity index (χ2n) is 5.29. The molecule has 0 spiro atoms. The van der Waals surface area contributed by atoms with Crippen LogP contribution in [0.5, 0.6) is 0 Å². The molecule has 1 heterocycles. The number of amides is 1. The summed E-state index contributed by atoms with van der Waals surface area (Å²) in [5.74, 6) is 1.08. The summed E-state index contributed by atoms with van der Waals surface area (Å²) in [7, 11) is 0. The van der Waals surface area contributed by atoms with Gasteiger partial charge in [-0.2, -0.15) is 0 Å². The Kier molecular flexibility index (Phi) is 6.90. The van der Waals surface area contributed by atoms with E-state index in [1.807, 2.05) is 0 Å². The Balaban J connectivity index is 0.00000144. The Morgan fingerprint density at radius 3 is 2.59 bits per heavy atom. The van der Waals surface area contributed by atoms with Crippen LogP contribution in [0.25, 0.3) is 0 Å². The molecule has 0 aromatic rings. The molecule has 100 valence electrons. The monoisotopic (exact) mass is 260 g/mol. The summed E-state index contributed by atoms with van der Waals surface area (Å²) in [6.45, 7) is 1.94. The first kappa shape index (κ1) is 14.8. The number of carbonyl (C=O) groups is 1. The first-order valence-corrected chi connectivity index (χ1v) is 6.84. The van der Waals surface area contributed by atoms with Crippen LogP contribution in [0.3, 0.4) is 0 Å². The van der Waals surface area contributed by atoms with Gasteiger partial charge in [0, 0.05) is 19.0 Å². The highest BCUT2D eigenvalue weighted by Gasteiger charge is 2.17. The van der Waals surface area contributed by atoms with E-state index in [0.717, 1.165) is 31.8 Å². The van der Waals surface area contributed by atoms with Crippen LogP contribution >= 0.6 is 12.4 Å². The maximum Gasteiger partial charge on any atom is 0.220 e. The zero-order chi connectivity index (χ0) is 11.2. The largest absolute Gasteiger partial charge is 0.355 e. The number of hydrogen-bond donors (Lipinski definition) is 2. The number of hydrogen-bond acceptors (Lipinski definition) is 2. The lowest BCUT2D eigenvalue weighted by atomic mass is 10.0. The Bertz CT molecular complexity index is 201. The lowest BCUT2D eigenvalue weighted by molar-refractivity contribution is -0.121. The van der Waals surface area contributed by atoms with Crippen molar-refractivity contribution >= 4 is 18.3 Å². The number of carbonyl (C=O) groups excluding carboxylic acids is 1. The molecule has 1 aliphatic carbocycles. The lowest BCUT2D eigenvalue weighted by Crippen LogP contribution is -2.37. The van der Waals surface area contributed by atoms with E-state index in [4.69, 9.17) is 0 Å². The fourth-order valence-electron chi connectivity index (χ4n) is 2.89. The second kappa shape index (κ2) is 7.93. The Morgan fingerprint density at radius 2 is 1.94 bits per heavy atom. The van der Waals surface area contributed by atoms with Crippen molar-refractivity contribution in [3.05, 3.63) is 0 Å². The molecule has 2 fully saturated rings. The maximum absolute atomic E-state index is 11.6. The van der Waals surface area contributed by atoms with Gasteiger partial charge in [-0.15, -0.1) is 12.4 Å². The average Bonchev–Trinajstić information content (AvgIpc) is 2.96. The zero-order valence-electron chi connectivity index (χ0n) is 10.5. The van der Waals surface area contributed by atoms with Crippen molar-refractivity contribution in [3.63, 3.8) is 0 Å². The summed E-state index contributed by atoms with van der Waals surface area (Å²) in [6, 6.07) is 0.524. The van der Waals surface area contributed by atoms with Crippen LogP contribution in [-0.4, -0.2) is 25.0 Å². The Hall–Kier alpha value is -0.280. The van der Waals surface area contributed by atoms with E-state index >= 15 is 0 Å². The van der Waals surface area contributed by atoms with Crippen molar-refractivity contribution in [1.29, 1.82) is 0 Å². The van der Waals surface area contributed by atoms with Crippen molar-refractivity contribution in [1.82, 2.24) is 10.6 Å². The summed E-state index contributed by atoms with van der Waals surface area (Å²) < 4.78 is 0. The van der Waals surface area contributed by atoms with Gasteiger partial charge in [0.2, 0.25) is 5.91 Å². The Morgan fingerprint density at radius 1 is 1.18 bits per heavy atom. The van der Waals surface area contributed by atoms with Crippen molar-refractivity contribution in [2.45, 2.75) is 57.4 Å². The van der Waals surface area contributed by atoms with Crippen molar-refractivity contribution in [2.75, 3.05) is 13.1 Å². The van der Waals surface area contributed by atoms with E-state index in [-0.39, 0.29) is 18.3 Å². The standard InChI is InChI=1S/C13H24N2O.ClH/c16-13(8-7-11-4-1-2-5-11)15-10-12-6-3-9-14-12;/h11-12,14H,1-10H2,(H,15,16);1H. The van der Waals surface area contributed by atoms with E-state index < -0.39 is 0 Å². The minimum atomic E-state index is 0. The summed E-state index contributed by atoms with van der Waals surface area (Å²) in [4.78, 5) is 11.6. The van der Waals surface area contributed by atoms with Crippen LogP contribution < -0.4 is 10.6 Å². The third-order valence-electron chi connectivity index (χ3n) is 3.96. The number of rotatable bonds is 5. The highest BCUT2D eigenvalue weighted by molar-refractivity contribution is 5.85. The van der Waals surface area contributed by atoms with Crippen molar-refractivity contribution in [3.8, 4) is 0 Å². The fourth-order valence-corrected chi connectivity index (χ4v) is 2.89. The molecule has 2 aliphatic rings. The molecule has 0 bridgehead atoms. The summed E-state index contributed by atoms with van der Waals surface area (Å²) >= 11 is 0. The molecular formula is C13H25ClN2O. The van der Waals surface area contributed by atoms with E-state index in [9.17, 15) is 4.79 Å². The van der Waals surface area contributed by atoms with Crippen LogP contribution in [-0.2, 0) is 4.79 Å². The molecule has 0 radical (unpaired) electrons. The van der Waals surface area contributed by atoms with Gasteiger partial charge in [0.25, 0.3) is 0 Å². The maximum atomic E-state index is 11.6. The van der Waals surface area contributed by atoms with Crippen molar-refractivity contribution in [2.24, 2.45) is 5.92 Å². The third-order valence-corrected chi connectivity index (χ3v) is 3.96. The summed E-state index contributed by atoms with van der Waals surface area (Å²) in [5.41, 5.74) is 0. The van der Waals surface area contributed by atoms with E-state index in [0.29, 0.717) is 6.04 Å². The van der Waals surface area contributed by atoms with Crippen LogP contribution in [0.4, 0.5) is 0 Å². The van der Waals surface area contributed by atoms with Crippen molar-refractivity contribution < 1.29 is 4.79 Å².